The molecule has 5 heteroatoms. The minimum Gasteiger partial charge on any atom is -0.229 e. The summed E-state index contributed by atoms with van der Waals surface area (Å²) in [5, 5.41) is 2.67. The fourth-order valence-corrected chi connectivity index (χ4v) is 2.68. The molecule has 1 aromatic heterocycles. The molecule has 1 heterocycles. The van der Waals surface area contributed by atoms with Gasteiger partial charge in [-0.1, -0.05) is 23.7 Å². The number of hydrogen-bond acceptors (Lipinski definition) is 2. The average Bonchev–Trinajstić information content (AvgIpc) is 2.57. The van der Waals surface area contributed by atoms with Crippen LogP contribution in [0.5, 0.6) is 0 Å². The highest BCUT2D eigenvalue weighted by Gasteiger charge is 2.08. The molecule has 0 bridgehead atoms. The van der Waals surface area contributed by atoms with Gasteiger partial charge in [0.1, 0.15) is 0 Å². The van der Waals surface area contributed by atoms with Crippen LogP contribution in [-0.4, -0.2) is 4.98 Å². The molecule has 0 saturated carbocycles. The third kappa shape index (κ3) is 2.03. The molecule has 0 atom stereocenters. The van der Waals surface area contributed by atoms with Crippen LogP contribution in [0.3, 0.4) is 0 Å². The molecular weight excluding hydrogens is 349 g/mol. The first-order chi connectivity index (χ1) is 6.68. The second-order valence-electron chi connectivity index (χ2n) is 2.59. The van der Waals surface area contributed by atoms with Crippen molar-refractivity contribution in [3.8, 4) is 11.3 Å². The van der Waals surface area contributed by atoms with Gasteiger partial charge in [0, 0.05) is 15.4 Å². The van der Waals surface area contributed by atoms with Crippen molar-refractivity contribution < 1.29 is 0 Å². The summed E-state index contributed by atoms with van der Waals surface area (Å²) in [5.74, 6) is 0. The first-order valence-corrected chi connectivity index (χ1v) is 6.58. The van der Waals surface area contributed by atoms with Gasteiger partial charge < -0.3 is 0 Å². The number of nitrogens with zero attached hydrogens (tertiary/aromatic N) is 1. The molecule has 0 aliphatic carbocycles. The summed E-state index contributed by atoms with van der Waals surface area (Å²) in [6.45, 7) is 0. The summed E-state index contributed by atoms with van der Waals surface area (Å²) in [5.41, 5.74) is 1.84. The second-order valence-corrected chi connectivity index (χ2v) is 5.95. The highest BCUT2D eigenvalue weighted by Crippen LogP contribution is 2.34. The Labute approximate surface area is 107 Å². The average molecular weight is 353 g/mol. The van der Waals surface area contributed by atoms with Crippen molar-refractivity contribution in [2.24, 2.45) is 0 Å². The third-order valence-corrected chi connectivity index (χ3v) is 4.36. The zero-order valence-corrected chi connectivity index (χ0v) is 11.5. The molecule has 0 amide bonds. The summed E-state index contributed by atoms with van der Waals surface area (Å²) in [4.78, 5) is 4.31. The van der Waals surface area contributed by atoms with Gasteiger partial charge in [-0.15, -0.1) is 11.3 Å². The van der Waals surface area contributed by atoms with E-state index in [4.69, 9.17) is 11.6 Å². The van der Waals surface area contributed by atoms with Crippen LogP contribution < -0.4 is 0 Å². The molecule has 0 saturated heterocycles. The number of thiazole rings is 1. The Balaban J connectivity index is 2.57. The maximum absolute atomic E-state index is 6.14. The van der Waals surface area contributed by atoms with Crippen LogP contribution in [0.4, 0.5) is 0 Å². The monoisotopic (exact) mass is 351 g/mol. The van der Waals surface area contributed by atoms with Crippen LogP contribution >= 0.6 is 54.8 Å². The zero-order valence-electron chi connectivity index (χ0n) is 6.80. The van der Waals surface area contributed by atoms with E-state index in [1.54, 1.807) is 11.3 Å². The topological polar surface area (TPSA) is 12.9 Å². The predicted molar refractivity (Wildman–Crippen MR) is 68.0 cm³/mol. The third-order valence-electron chi connectivity index (χ3n) is 1.70. The van der Waals surface area contributed by atoms with Gasteiger partial charge in [-0.05, 0) is 37.9 Å². The zero-order chi connectivity index (χ0) is 10.1. The number of benzene rings is 1. The van der Waals surface area contributed by atoms with Crippen molar-refractivity contribution in [2.45, 2.75) is 0 Å². The van der Waals surface area contributed by atoms with Crippen LogP contribution in [0, 0.1) is 0 Å². The fourth-order valence-electron chi connectivity index (χ4n) is 1.08. The molecule has 14 heavy (non-hydrogen) atoms. The molecule has 0 aliphatic rings. The Morgan fingerprint density at radius 3 is 2.71 bits per heavy atom. The highest BCUT2D eigenvalue weighted by atomic mass is 79.9. The Kier molecular flexibility index (Phi) is 3.27. The SMILES string of the molecule is Clc1c(Br)cccc1-c1csc(Br)n1. The van der Waals surface area contributed by atoms with Gasteiger partial charge in [0.05, 0.1) is 10.7 Å². The van der Waals surface area contributed by atoms with Gasteiger partial charge in [-0.25, -0.2) is 4.98 Å². The lowest BCUT2D eigenvalue weighted by atomic mass is 10.2. The van der Waals surface area contributed by atoms with Crippen LogP contribution in [0.1, 0.15) is 0 Å². The normalized spacial score (nSPS) is 10.5. The summed E-state index contributed by atoms with van der Waals surface area (Å²) in [7, 11) is 0. The largest absolute Gasteiger partial charge is 0.229 e. The standard InChI is InChI=1S/C9H4Br2ClNS/c10-6-3-1-2-5(8(6)12)7-4-14-9(11)13-7/h1-4H. The van der Waals surface area contributed by atoms with Crippen molar-refractivity contribution in [2.75, 3.05) is 0 Å². The van der Waals surface area contributed by atoms with Crippen molar-refractivity contribution in [1.82, 2.24) is 4.98 Å². The number of halogens is 3. The van der Waals surface area contributed by atoms with Crippen molar-refractivity contribution in [3.63, 3.8) is 0 Å². The number of rotatable bonds is 1. The summed E-state index contributed by atoms with van der Waals surface area (Å²) < 4.78 is 1.75. The van der Waals surface area contributed by atoms with E-state index in [0.717, 1.165) is 19.6 Å². The Hall–Kier alpha value is 0.1000. The van der Waals surface area contributed by atoms with Gasteiger partial charge in [0.15, 0.2) is 3.92 Å². The van der Waals surface area contributed by atoms with Gasteiger partial charge >= 0.3 is 0 Å². The number of aromatic nitrogens is 1. The Morgan fingerprint density at radius 1 is 1.29 bits per heavy atom. The maximum atomic E-state index is 6.14. The van der Waals surface area contributed by atoms with Gasteiger partial charge in [-0.2, -0.15) is 0 Å². The molecule has 0 spiro atoms. The van der Waals surface area contributed by atoms with Crippen LogP contribution in [0.15, 0.2) is 32.0 Å². The summed E-state index contributed by atoms with van der Waals surface area (Å²) >= 11 is 14.4. The summed E-state index contributed by atoms with van der Waals surface area (Å²) in [6, 6.07) is 5.81. The first kappa shape index (κ1) is 10.6. The number of hydrogen-bond donors (Lipinski definition) is 0. The van der Waals surface area contributed by atoms with E-state index < -0.39 is 0 Å². The molecule has 1 nitrogen and oxygen atoms in total. The van der Waals surface area contributed by atoms with E-state index >= 15 is 0 Å². The molecule has 0 fully saturated rings. The van der Waals surface area contributed by atoms with Crippen molar-refractivity contribution >= 4 is 54.8 Å². The molecule has 0 unspecified atom stereocenters. The summed E-state index contributed by atoms with van der Waals surface area (Å²) in [6.07, 6.45) is 0. The molecule has 0 aliphatic heterocycles. The minimum atomic E-state index is 0.699. The van der Waals surface area contributed by atoms with E-state index in [1.165, 1.54) is 0 Å². The van der Waals surface area contributed by atoms with Crippen molar-refractivity contribution in [3.05, 3.63) is 37.0 Å². The Morgan fingerprint density at radius 2 is 2.07 bits per heavy atom. The molecule has 2 aromatic rings. The highest BCUT2D eigenvalue weighted by molar-refractivity contribution is 9.11. The molecule has 0 N–H and O–H groups in total. The predicted octanol–water partition coefficient (Wildman–Crippen LogP) is 4.99. The molecular formula is C9H4Br2ClNS. The molecule has 0 radical (unpaired) electrons. The second kappa shape index (κ2) is 4.31. The van der Waals surface area contributed by atoms with Crippen LogP contribution in [-0.2, 0) is 0 Å². The lowest BCUT2D eigenvalue weighted by Gasteiger charge is -2.01. The van der Waals surface area contributed by atoms with E-state index in [0.29, 0.717) is 5.02 Å². The Bertz CT molecular complexity index is 470. The molecule has 72 valence electrons. The van der Waals surface area contributed by atoms with Gasteiger partial charge in [-0.3, -0.25) is 0 Å². The van der Waals surface area contributed by atoms with Crippen LogP contribution in [0.25, 0.3) is 11.3 Å². The van der Waals surface area contributed by atoms with E-state index in [-0.39, 0.29) is 0 Å². The van der Waals surface area contributed by atoms with E-state index in [9.17, 15) is 0 Å². The molecule has 1 aromatic carbocycles. The van der Waals surface area contributed by atoms with Gasteiger partial charge in [0.2, 0.25) is 0 Å². The fraction of sp³-hybridized carbons (Fsp3) is 0. The van der Waals surface area contributed by atoms with E-state index in [1.807, 2.05) is 23.6 Å². The first-order valence-electron chi connectivity index (χ1n) is 3.74. The smallest absolute Gasteiger partial charge is 0.159 e. The van der Waals surface area contributed by atoms with Gasteiger partial charge in [0.25, 0.3) is 0 Å². The van der Waals surface area contributed by atoms with Crippen molar-refractivity contribution in [1.29, 1.82) is 0 Å². The maximum Gasteiger partial charge on any atom is 0.159 e. The van der Waals surface area contributed by atoms with Crippen LogP contribution in [0.2, 0.25) is 5.02 Å². The quantitative estimate of drug-likeness (QED) is 0.704. The minimum absolute atomic E-state index is 0.699. The van der Waals surface area contributed by atoms with E-state index in [2.05, 4.69) is 36.8 Å². The lowest BCUT2D eigenvalue weighted by Crippen LogP contribution is -1.80. The lowest BCUT2D eigenvalue weighted by molar-refractivity contribution is 1.37. The molecule has 2 rings (SSSR count).